The van der Waals surface area contributed by atoms with Gasteiger partial charge in [-0.1, -0.05) is 12.1 Å². The molecule has 2 N–H and O–H groups in total. The Morgan fingerprint density at radius 1 is 1.11 bits per heavy atom. The van der Waals surface area contributed by atoms with Crippen molar-refractivity contribution >= 4 is 5.97 Å². The van der Waals surface area contributed by atoms with Gasteiger partial charge in [-0.3, -0.25) is 0 Å². The van der Waals surface area contributed by atoms with Crippen molar-refractivity contribution < 1.29 is 15.0 Å². The Hall–Kier alpha value is -2.80. The van der Waals surface area contributed by atoms with Crippen LogP contribution in [0.25, 0.3) is 11.1 Å². The van der Waals surface area contributed by atoms with Gasteiger partial charge in [0.25, 0.3) is 0 Å². The Kier molecular flexibility index (Phi) is 2.98. The van der Waals surface area contributed by atoms with E-state index in [0.29, 0.717) is 11.1 Å². The predicted molar refractivity (Wildman–Crippen MR) is 65.2 cm³/mol. The lowest BCUT2D eigenvalue weighted by Crippen LogP contribution is -1.95. The summed E-state index contributed by atoms with van der Waals surface area (Å²) >= 11 is 0. The lowest BCUT2D eigenvalue weighted by Gasteiger charge is -2.05. The van der Waals surface area contributed by atoms with Crippen molar-refractivity contribution in [2.45, 2.75) is 0 Å². The minimum Gasteiger partial charge on any atom is -0.507 e. The second kappa shape index (κ2) is 4.60. The van der Waals surface area contributed by atoms with Crippen molar-refractivity contribution in [3.05, 3.63) is 53.6 Å². The summed E-state index contributed by atoms with van der Waals surface area (Å²) in [5.41, 5.74) is 1.82. The van der Waals surface area contributed by atoms with Crippen LogP contribution in [0.1, 0.15) is 15.9 Å². The number of carboxylic acids is 1. The van der Waals surface area contributed by atoms with Crippen molar-refractivity contribution in [2.24, 2.45) is 0 Å². The zero-order chi connectivity index (χ0) is 13.1. The van der Waals surface area contributed by atoms with Crippen LogP contribution < -0.4 is 0 Å². The van der Waals surface area contributed by atoms with E-state index in [1.807, 2.05) is 6.07 Å². The molecule has 0 bridgehead atoms. The van der Waals surface area contributed by atoms with E-state index in [-0.39, 0.29) is 11.3 Å². The van der Waals surface area contributed by atoms with E-state index in [1.165, 1.54) is 12.1 Å². The Morgan fingerprint density at radius 3 is 2.28 bits per heavy atom. The third-order valence-electron chi connectivity index (χ3n) is 2.57. The van der Waals surface area contributed by atoms with Crippen LogP contribution in [0.2, 0.25) is 0 Å². The number of aromatic hydroxyl groups is 1. The van der Waals surface area contributed by atoms with E-state index in [4.69, 9.17) is 10.4 Å². The first kappa shape index (κ1) is 11.7. The fraction of sp³-hybridized carbons (Fsp3) is 0. The molecule has 2 rings (SSSR count). The number of nitrogens with zero attached hydrogens (tertiary/aromatic N) is 1. The molecule has 0 atom stereocenters. The third-order valence-corrected chi connectivity index (χ3v) is 2.57. The highest BCUT2D eigenvalue weighted by atomic mass is 16.4. The number of aromatic carboxylic acids is 1. The van der Waals surface area contributed by atoms with Crippen molar-refractivity contribution in [2.75, 3.05) is 0 Å². The highest BCUT2D eigenvalue weighted by Crippen LogP contribution is 2.30. The number of benzene rings is 2. The molecular weight excluding hydrogens is 230 g/mol. The Balaban J connectivity index is 2.45. The van der Waals surface area contributed by atoms with Crippen molar-refractivity contribution in [1.29, 1.82) is 5.26 Å². The molecular formula is C14H9NO3. The molecule has 0 unspecified atom stereocenters. The quantitative estimate of drug-likeness (QED) is 0.844. The largest absolute Gasteiger partial charge is 0.507 e. The zero-order valence-electron chi connectivity index (χ0n) is 9.29. The molecule has 0 aromatic heterocycles. The summed E-state index contributed by atoms with van der Waals surface area (Å²) in [6.45, 7) is 0. The summed E-state index contributed by atoms with van der Waals surface area (Å²) in [5.74, 6) is -1.18. The number of nitriles is 1. The first-order valence-corrected chi connectivity index (χ1v) is 5.18. The molecule has 0 radical (unpaired) electrons. The van der Waals surface area contributed by atoms with Crippen LogP contribution in [-0.2, 0) is 0 Å². The van der Waals surface area contributed by atoms with Gasteiger partial charge in [0, 0.05) is 5.56 Å². The number of phenolic OH excluding ortho intramolecular Hbond substituents is 1. The molecule has 0 heterocycles. The van der Waals surface area contributed by atoms with Crippen molar-refractivity contribution in [3.63, 3.8) is 0 Å². The van der Waals surface area contributed by atoms with E-state index in [2.05, 4.69) is 0 Å². The van der Waals surface area contributed by atoms with E-state index < -0.39 is 5.97 Å². The van der Waals surface area contributed by atoms with Gasteiger partial charge in [0.1, 0.15) is 5.75 Å². The Bertz CT molecular complexity index is 639. The Morgan fingerprint density at radius 2 is 1.78 bits per heavy atom. The van der Waals surface area contributed by atoms with Gasteiger partial charge in [-0.2, -0.15) is 5.26 Å². The van der Waals surface area contributed by atoms with Crippen LogP contribution in [0.4, 0.5) is 0 Å². The third kappa shape index (κ3) is 2.15. The van der Waals surface area contributed by atoms with Crippen LogP contribution in [0.15, 0.2) is 42.5 Å². The molecule has 4 nitrogen and oxygen atoms in total. The molecule has 0 saturated heterocycles. The molecule has 88 valence electrons. The summed E-state index contributed by atoms with van der Waals surface area (Å²) in [5, 5.41) is 27.3. The maximum atomic E-state index is 10.7. The first-order valence-electron chi connectivity index (χ1n) is 5.18. The smallest absolute Gasteiger partial charge is 0.335 e. The van der Waals surface area contributed by atoms with Crippen LogP contribution >= 0.6 is 0 Å². The first-order chi connectivity index (χ1) is 8.61. The van der Waals surface area contributed by atoms with Gasteiger partial charge in [-0.25, -0.2) is 4.79 Å². The summed E-state index contributed by atoms with van der Waals surface area (Å²) < 4.78 is 0. The second-order valence-corrected chi connectivity index (χ2v) is 3.73. The molecule has 0 fully saturated rings. The highest BCUT2D eigenvalue weighted by Gasteiger charge is 2.09. The van der Waals surface area contributed by atoms with Gasteiger partial charge >= 0.3 is 5.97 Å². The minimum atomic E-state index is -1.09. The minimum absolute atomic E-state index is 0.0323. The van der Waals surface area contributed by atoms with E-state index in [0.717, 1.165) is 5.56 Å². The maximum Gasteiger partial charge on any atom is 0.335 e. The highest BCUT2D eigenvalue weighted by molar-refractivity contribution is 5.89. The normalized spacial score (nSPS) is 9.72. The van der Waals surface area contributed by atoms with Gasteiger partial charge in [-0.05, 0) is 35.9 Å². The van der Waals surface area contributed by atoms with Crippen LogP contribution in [-0.4, -0.2) is 16.2 Å². The van der Waals surface area contributed by atoms with E-state index in [9.17, 15) is 9.90 Å². The van der Waals surface area contributed by atoms with Crippen LogP contribution in [0, 0.1) is 11.3 Å². The lowest BCUT2D eigenvalue weighted by atomic mass is 10.0. The number of rotatable bonds is 2. The lowest BCUT2D eigenvalue weighted by molar-refractivity contribution is 0.0696. The Labute approximate surface area is 103 Å². The average molecular weight is 239 g/mol. The second-order valence-electron chi connectivity index (χ2n) is 3.73. The molecule has 0 aliphatic rings. The SMILES string of the molecule is N#Cc1ccc(-c2ccc(C(=O)O)cc2O)cc1. The fourth-order valence-electron chi connectivity index (χ4n) is 1.63. The molecule has 0 saturated carbocycles. The predicted octanol–water partition coefficient (Wildman–Crippen LogP) is 2.63. The monoisotopic (exact) mass is 239 g/mol. The molecule has 18 heavy (non-hydrogen) atoms. The van der Waals surface area contributed by atoms with E-state index in [1.54, 1.807) is 30.3 Å². The number of hydrogen-bond donors (Lipinski definition) is 2. The van der Waals surface area contributed by atoms with Crippen LogP contribution in [0.3, 0.4) is 0 Å². The summed E-state index contributed by atoms with van der Waals surface area (Å²) in [6.07, 6.45) is 0. The van der Waals surface area contributed by atoms with Gasteiger partial charge < -0.3 is 10.2 Å². The fourth-order valence-corrected chi connectivity index (χ4v) is 1.63. The average Bonchev–Trinajstić information content (AvgIpc) is 2.38. The van der Waals surface area contributed by atoms with Gasteiger partial charge in [0.2, 0.25) is 0 Å². The van der Waals surface area contributed by atoms with E-state index >= 15 is 0 Å². The molecule has 2 aromatic rings. The van der Waals surface area contributed by atoms with Crippen molar-refractivity contribution in [1.82, 2.24) is 0 Å². The standard InChI is InChI=1S/C14H9NO3/c15-8-9-1-3-10(4-2-9)12-6-5-11(14(17)18)7-13(12)16/h1-7,16H,(H,17,18). The summed E-state index contributed by atoms with van der Waals surface area (Å²) in [7, 11) is 0. The number of carbonyl (C=O) groups is 1. The number of carboxylic acid groups (broad SMARTS) is 1. The number of phenols is 1. The molecule has 0 spiro atoms. The number of hydrogen-bond acceptors (Lipinski definition) is 3. The van der Waals surface area contributed by atoms with Gasteiger partial charge in [-0.15, -0.1) is 0 Å². The molecule has 0 amide bonds. The summed E-state index contributed by atoms with van der Waals surface area (Å²) in [4.78, 5) is 10.7. The van der Waals surface area contributed by atoms with Gasteiger partial charge in [0.15, 0.2) is 0 Å². The molecule has 0 aliphatic heterocycles. The molecule has 0 aliphatic carbocycles. The van der Waals surface area contributed by atoms with Crippen LogP contribution in [0.5, 0.6) is 5.75 Å². The molecule has 2 aromatic carbocycles. The maximum absolute atomic E-state index is 10.7. The van der Waals surface area contributed by atoms with Crippen molar-refractivity contribution in [3.8, 4) is 22.9 Å². The van der Waals surface area contributed by atoms with Gasteiger partial charge in [0.05, 0.1) is 17.2 Å². The summed E-state index contributed by atoms with van der Waals surface area (Å²) in [6, 6.07) is 12.9. The zero-order valence-corrected chi connectivity index (χ0v) is 9.29. The molecule has 4 heteroatoms. The topological polar surface area (TPSA) is 81.3 Å².